The first kappa shape index (κ1) is 21.1. The van der Waals surface area contributed by atoms with Gasteiger partial charge in [-0.15, -0.1) is 0 Å². The molecule has 2 atom stereocenters. The molecule has 0 saturated carbocycles. The molecule has 0 fully saturated rings. The van der Waals surface area contributed by atoms with Gasteiger partial charge in [0.25, 0.3) is 0 Å². The van der Waals surface area contributed by atoms with Crippen molar-refractivity contribution in [1.29, 1.82) is 0 Å². The zero-order valence-electron chi connectivity index (χ0n) is 16.1. The highest BCUT2D eigenvalue weighted by molar-refractivity contribution is 6.08. The van der Waals surface area contributed by atoms with Gasteiger partial charge in [0, 0.05) is 18.1 Å². The number of ketones is 1. The topological polar surface area (TPSA) is 119 Å². The van der Waals surface area contributed by atoms with Gasteiger partial charge in [-0.3, -0.25) is 9.59 Å². The Morgan fingerprint density at radius 1 is 1.07 bits per heavy atom. The Morgan fingerprint density at radius 3 is 2.33 bits per heavy atom. The van der Waals surface area contributed by atoms with Gasteiger partial charge in [0.05, 0.1) is 0 Å². The van der Waals surface area contributed by atoms with Crippen LogP contribution in [0.25, 0.3) is 0 Å². The molecule has 0 aromatic heterocycles. The molecule has 2 aromatic rings. The van der Waals surface area contributed by atoms with Gasteiger partial charge >= 0.3 is 11.9 Å². The molecular weight excluding hydrogens is 392 g/mol. The second-order valence-corrected chi connectivity index (χ2v) is 6.59. The van der Waals surface area contributed by atoms with Crippen molar-refractivity contribution >= 4 is 17.7 Å². The number of hydrogen-bond donors (Lipinski definition) is 2. The number of ether oxygens (including phenoxy) is 3. The third-order valence-electron chi connectivity index (χ3n) is 4.37. The minimum atomic E-state index is -1.40. The lowest BCUT2D eigenvalue weighted by molar-refractivity contribution is -0.153. The first-order valence-electron chi connectivity index (χ1n) is 9.14. The molecule has 2 aromatic carbocycles. The summed E-state index contributed by atoms with van der Waals surface area (Å²) in [5.41, 5.74) is 1.73. The van der Waals surface area contributed by atoms with E-state index >= 15 is 0 Å². The summed E-state index contributed by atoms with van der Waals surface area (Å²) < 4.78 is 15.1. The first-order chi connectivity index (χ1) is 14.4. The molecule has 0 radical (unpaired) electrons. The summed E-state index contributed by atoms with van der Waals surface area (Å²) in [5, 5.41) is 20.0. The third-order valence-corrected chi connectivity index (χ3v) is 4.37. The van der Waals surface area contributed by atoms with Crippen molar-refractivity contribution in [3.8, 4) is 0 Å². The van der Waals surface area contributed by atoms with Crippen molar-refractivity contribution in [1.82, 2.24) is 0 Å². The molecule has 0 amide bonds. The van der Waals surface area contributed by atoms with Gasteiger partial charge in [-0.05, 0) is 5.56 Å². The number of aliphatic hydroxyl groups excluding tert-OH is 2. The summed E-state index contributed by atoms with van der Waals surface area (Å²) in [5.74, 6) is -2.77. The summed E-state index contributed by atoms with van der Waals surface area (Å²) in [7, 11) is 0. The molecule has 156 valence electrons. The van der Waals surface area contributed by atoms with E-state index in [-0.39, 0.29) is 18.1 Å². The Balaban J connectivity index is 1.65. The zero-order valence-corrected chi connectivity index (χ0v) is 16.1. The van der Waals surface area contributed by atoms with Crippen molar-refractivity contribution in [3.63, 3.8) is 0 Å². The number of carbonyl (C=O) groups excluding carboxylic acids is 3. The van der Waals surface area contributed by atoms with Crippen molar-refractivity contribution in [2.75, 3.05) is 6.61 Å². The second kappa shape index (κ2) is 9.23. The number of benzene rings is 2. The Kier molecular flexibility index (Phi) is 6.48. The third kappa shape index (κ3) is 4.84. The molecule has 0 saturated heterocycles. The largest absolute Gasteiger partial charge is 0.499 e. The van der Waals surface area contributed by atoms with Gasteiger partial charge in [0.15, 0.2) is 17.6 Å². The number of rotatable bonds is 8. The average Bonchev–Trinajstić information content (AvgIpc) is 3.05. The van der Waals surface area contributed by atoms with E-state index in [0.29, 0.717) is 16.7 Å². The van der Waals surface area contributed by atoms with Crippen LogP contribution in [0.1, 0.15) is 28.4 Å². The van der Waals surface area contributed by atoms with E-state index in [1.807, 2.05) is 6.07 Å². The van der Waals surface area contributed by atoms with Crippen LogP contribution in [-0.2, 0) is 30.4 Å². The summed E-state index contributed by atoms with van der Waals surface area (Å²) in [6.45, 7) is 0.695. The number of hydrogen-bond acceptors (Lipinski definition) is 8. The smallest absolute Gasteiger partial charge is 0.378 e. The molecule has 1 heterocycles. The summed E-state index contributed by atoms with van der Waals surface area (Å²) >= 11 is 0. The van der Waals surface area contributed by atoms with Crippen LogP contribution >= 0.6 is 0 Å². The maximum Gasteiger partial charge on any atom is 0.378 e. The molecule has 1 aliphatic rings. The lowest BCUT2D eigenvalue weighted by Crippen LogP contribution is -2.34. The van der Waals surface area contributed by atoms with E-state index in [0.717, 1.165) is 0 Å². The van der Waals surface area contributed by atoms with Gasteiger partial charge in [-0.25, -0.2) is 4.79 Å². The number of carbonyl (C=O) groups is 3. The van der Waals surface area contributed by atoms with Gasteiger partial charge < -0.3 is 24.4 Å². The van der Waals surface area contributed by atoms with Gasteiger partial charge in [-0.2, -0.15) is 0 Å². The van der Waals surface area contributed by atoms with E-state index in [1.165, 1.54) is 6.92 Å². The van der Waals surface area contributed by atoms with Crippen LogP contribution < -0.4 is 0 Å². The second-order valence-electron chi connectivity index (χ2n) is 6.59. The van der Waals surface area contributed by atoms with Crippen molar-refractivity contribution in [2.24, 2.45) is 0 Å². The Bertz CT molecular complexity index is 962. The molecule has 2 N–H and O–H groups in total. The van der Waals surface area contributed by atoms with E-state index in [2.05, 4.69) is 0 Å². The molecule has 0 aliphatic carbocycles. The Labute approximate surface area is 172 Å². The minimum absolute atomic E-state index is 0.0490. The molecule has 3 rings (SSSR count). The highest BCUT2D eigenvalue weighted by Gasteiger charge is 2.41. The Hall–Kier alpha value is -3.65. The van der Waals surface area contributed by atoms with E-state index in [1.54, 1.807) is 48.5 Å². The van der Waals surface area contributed by atoms with Gasteiger partial charge in [0.2, 0.25) is 5.76 Å². The van der Waals surface area contributed by atoms with Crippen LogP contribution in [0.3, 0.4) is 0 Å². The minimum Gasteiger partial charge on any atom is -0.499 e. The van der Waals surface area contributed by atoms with Crippen molar-refractivity contribution in [3.05, 3.63) is 82.8 Å². The van der Waals surface area contributed by atoms with Crippen LogP contribution in [0.4, 0.5) is 0 Å². The molecule has 1 aliphatic heterocycles. The molecule has 2 unspecified atom stereocenters. The summed E-state index contributed by atoms with van der Waals surface area (Å²) in [6, 6.07) is 15.5. The predicted octanol–water partition coefficient (Wildman–Crippen LogP) is 2.05. The fourth-order valence-electron chi connectivity index (χ4n) is 2.82. The standard InChI is InChI=1S/C22H20O8/c1-13(23)28-12-17(24)20-21(19(26)22(27)30-20)29-11-14-7-9-16(10-8-14)18(25)15-5-3-2-4-6-15/h2-10,17,20,24,26H,11-12H2,1H3. The molecule has 0 spiro atoms. The Morgan fingerprint density at radius 2 is 1.70 bits per heavy atom. The summed E-state index contributed by atoms with van der Waals surface area (Å²) in [6.07, 6.45) is -2.70. The van der Waals surface area contributed by atoms with Crippen LogP contribution in [0.2, 0.25) is 0 Å². The fraction of sp³-hybridized carbons (Fsp3) is 0.227. The fourth-order valence-corrected chi connectivity index (χ4v) is 2.82. The van der Waals surface area contributed by atoms with Crippen molar-refractivity contribution in [2.45, 2.75) is 25.7 Å². The normalized spacial score (nSPS) is 16.7. The monoisotopic (exact) mass is 412 g/mol. The molecule has 0 bridgehead atoms. The highest BCUT2D eigenvalue weighted by Crippen LogP contribution is 2.26. The van der Waals surface area contributed by atoms with Crippen LogP contribution in [0.15, 0.2) is 66.1 Å². The number of aliphatic hydroxyl groups is 2. The van der Waals surface area contributed by atoms with Gasteiger partial charge in [0.1, 0.15) is 19.3 Å². The zero-order chi connectivity index (χ0) is 21.7. The lowest BCUT2D eigenvalue weighted by atomic mass is 10.0. The quantitative estimate of drug-likeness (QED) is 0.499. The van der Waals surface area contributed by atoms with Gasteiger partial charge in [-0.1, -0.05) is 54.6 Å². The van der Waals surface area contributed by atoms with Crippen LogP contribution in [-0.4, -0.2) is 46.7 Å². The molecular formula is C22H20O8. The molecule has 8 heteroatoms. The lowest BCUT2D eigenvalue weighted by Gasteiger charge is -2.19. The number of cyclic esters (lactones) is 1. The maximum atomic E-state index is 12.4. The first-order valence-corrected chi connectivity index (χ1v) is 9.14. The predicted molar refractivity (Wildman–Crippen MR) is 103 cm³/mol. The summed E-state index contributed by atoms with van der Waals surface area (Å²) in [4.78, 5) is 35.0. The highest BCUT2D eigenvalue weighted by atomic mass is 16.6. The number of esters is 2. The maximum absolute atomic E-state index is 12.4. The SMILES string of the molecule is CC(=O)OCC(O)C1OC(=O)C(O)=C1OCc1ccc(C(=O)c2ccccc2)cc1. The van der Waals surface area contributed by atoms with Crippen molar-refractivity contribution < 1.29 is 38.8 Å². The van der Waals surface area contributed by atoms with E-state index in [4.69, 9.17) is 14.2 Å². The van der Waals surface area contributed by atoms with E-state index < -0.39 is 36.5 Å². The molecule has 30 heavy (non-hydrogen) atoms. The molecule has 8 nitrogen and oxygen atoms in total. The van der Waals surface area contributed by atoms with Crippen LogP contribution in [0, 0.1) is 0 Å². The average molecular weight is 412 g/mol. The van der Waals surface area contributed by atoms with Crippen LogP contribution in [0.5, 0.6) is 0 Å². The van der Waals surface area contributed by atoms with E-state index in [9.17, 15) is 24.6 Å².